The fourth-order valence-electron chi connectivity index (χ4n) is 6.70. The molecule has 5 nitrogen and oxygen atoms in total. The van der Waals surface area contributed by atoms with Gasteiger partial charge in [-0.05, 0) is 67.4 Å². The fraction of sp³-hybridized carbons (Fsp3) is 0.609. The van der Waals surface area contributed by atoms with Gasteiger partial charge in [0.2, 0.25) is 5.91 Å². The first kappa shape index (κ1) is 17.9. The van der Waals surface area contributed by atoms with E-state index in [2.05, 4.69) is 53.0 Å². The minimum absolute atomic E-state index is 0.00665. The van der Waals surface area contributed by atoms with Crippen LogP contribution in [0.15, 0.2) is 36.9 Å². The van der Waals surface area contributed by atoms with E-state index in [1.165, 1.54) is 12.0 Å². The molecule has 2 atom stereocenters. The molecule has 6 rings (SSSR count). The summed E-state index contributed by atoms with van der Waals surface area (Å²) >= 11 is 0. The van der Waals surface area contributed by atoms with Gasteiger partial charge in [0.1, 0.15) is 12.7 Å². The fourth-order valence-corrected chi connectivity index (χ4v) is 6.70. The second kappa shape index (κ2) is 5.91. The monoisotopic (exact) mass is 378 g/mol. The number of hydrogen-bond donors (Lipinski definition) is 1. The topological polar surface area (TPSA) is 59.8 Å². The Morgan fingerprint density at radius 2 is 1.86 bits per heavy atom. The summed E-state index contributed by atoms with van der Waals surface area (Å²) < 4.78 is 2.07. The summed E-state index contributed by atoms with van der Waals surface area (Å²) in [6.07, 6.45) is 9.95. The summed E-state index contributed by atoms with van der Waals surface area (Å²) in [5.74, 6) is 1.45. The van der Waals surface area contributed by atoms with Crippen molar-refractivity contribution in [3.05, 3.63) is 42.5 Å². The molecule has 4 fully saturated rings. The van der Waals surface area contributed by atoms with Gasteiger partial charge < -0.3 is 5.32 Å². The predicted octanol–water partition coefficient (Wildman–Crippen LogP) is 4.51. The van der Waals surface area contributed by atoms with Gasteiger partial charge in [-0.15, -0.1) is 0 Å². The average Bonchev–Trinajstić information content (AvgIpc) is 3.16. The minimum Gasteiger partial charge on any atom is -0.325 e. The lowest BCUT2D eigenvalue weighted by Crippen LogP contribution is -2.60. The van der Waals surface area contributed by atoms with Crippen molar-refractivity contribution in [2.75, 3.05) is 5.32 Å². The maximum absolute atomic E-state index is 13.7. The molecule has 4 aliphatic rings. The van der Waals surface area contributed by atoms with Crippen molar-refractivity contribution in [3.63, 3.8) is 0 Å². The van der Waals surface area contributed by atoms with E-state index in [-0.39, 0.29) is 22.3 Å². The number of amides is 1. The van der Waals surface area contributed by atoms with Crippen LogP contribution in [0.1, 0.15) is 64.9 Å². The van der Waals surface area contributed by atoms with E-state index in [9.17, 15) is 4.79 Å². The smallest absolute Gasteiger partial charge is 0.230 e. The van der Waals surface area contributed by atoms with E-state index < -0.39 is 0 Å². The Kier molecular flexibility index (Phi) is 3.78. The van der Waals surface area contributed by atoms with E-state index in [1.54, 1.807) is 6.33 Å². The number of anilines is 1. The van der Waals surface area contributed by atoms with Crippen LogP contribution in [0.5, 0.6) is 0 Å². The van der Waals surface area contributed by atoms with Crippen molar-refractivity contribution in [1.82, 2.24) is 14.8 Å². The second-order valence-electron chi connectivity index (χ2n) is 10.6. The molecule has 4 saturated carbocycles. The van der Waals surface area contributed by atoms with Gasteiger partial charge in [-0.3, -0.25) is 4.79 Å². The lowest BCUT2D eigenvalue weighted by atomic mass is 9.46. The number of benzene rings is 1. The number of carbonyl (C=O) groups is 1. The van der Waals surface area contributed by atoms with Crippen LogP contribution in [0.4, 0.5) is 5.69 Å². The first-order valence-electron chi connectivity index (χ1n) is 10.6. The molecule has 1 aromatic carbocycles. The van der Waals surface area contributed by atoms with Gasteiger partial charge in [0.05, 0.1) is 11.0 Å². The second-order valence-corrected chi connectivity index (χ2v) is 10.6. The highest BCUT2D eigenvalue weighted by Gasteiger charge is 2.61. The Hall–Kier alpha value is -2.17. The summed E-state index contributed by atoms with van der Waals surface area (Å²) in [5, 5.41) is 7.85. The third-order valence-electron chi connectivity index (χ3n) is 7.40. The molecule has 148 valence electrons. The van der Waals surface area contributed by atoms with E-state index >= 15 is 0 Å². The Bertz CT molecular complexity index is 882. The van der Waals surface area contributed by atoms with E-state index in [1.807, 2.05) is 18.5 Å². The van der Waals surface area contributed by atoms with Crippen LogP contribution in [-0.4, -0.2) is 20.7 Å². The number of rotatable bonds is 3. The third kappa shape index (κ3) is 2.70. The lowest BCUT2D eigenvalue weighted by molar-refractivity contribution is -0.150. The molecule has 0 saturated heterocycles. The van der Waals surface area contributed by atoms with Gasteiger partial charge in [0, 0.05) is 5.69 Å². The molecule has 1 heterocycles. The van der Waals surface area contributed by atoms with E-state index in [0.29, 0.717) is 11.8 Å². The standard InChI is InChI=1S/C23H30N4O/c1-21(2,3)18-6-4-5-7-19(18)26-20(28)22-9-16-8-17(10-22)12-23(11-16,13-22)27-15-24-14-25-27/h4-7,14-17H,8-13H2,1-3H3,(H,26,28)/t16-,17-,22?,23?/m0/s1. The zero-order valence-corrected chi connectivity index (χ0v) is 17.1. The zero-order chi connectivity index (χ0) is 19.6. The highest BCUT2D eigenvalue weighted by molar-refractivity contribution is 5.96. The van der Waals surface area contributed by atoms with Gasteiger partial charge in [-0.2, -0.15) is 5.10 Å². The van der Waals surface area contributed by atoms with Gasteiger partial charge in [-0.25, -0.2) is 9.67 Å². The molecule has 0 spiro atoms. The highest BCUT2D eigenvalue weighted by Crippen LogP contribution is 2.64. The van der Waals surface area contributed by atoms with Crippen LogP contribution in [0, 0.1) is 17.3 Å². The molecule has 0 radical (unpaired) electrons. The molecule has 2 aromatic rings. The van der Waals surface area contributed by atoms with Crippen LogP contribution >= 0.6 is 0 Å². The molecule has 1 amide bonds. The zero-order valence-electron chi connectivity index (χ0n) is 17.1. The number of aromatic nitrogens is 3. The summed E-state index contributed by atoms with van der Waals surface area (Å²) in [6, 6.07) is 8.25. The Labute approximate surface area is 166 Å². The van der Waals surface area contributed by atoms with Gasteiger partial charge in [0.15, 0.2) is 0 Å². The summed E-state index contributed by atoms with van der Waals surface area (Å²) in [4.78, 5) is 17.9. The maximum atomic E-state index is 13.7. The number of nitrogens with zero attached hydrogens (tertiary/aromatic N) is 3. The molecular formula is C23H30N4O. The molecule has 5 heteroatoms. The first-order chi connectivity index (χ1) is 13.3. The van der Waals surface area contributed by atoms with Crippen LogP contribution in [0.3, 0.4) is 0 Å². The summed E-state index contributed by atoms with van der Waals surface area (Å²) in [6.45, 7) is 6.59. The predicted molar refractivity (Wildman–Crippen MR) is 109 cm³/mol. The molecule has 1 aromatic heterocycles. The molecule has 4 bridgehead atoms. The largest absolute Gasteiger partial charge is 0.325 e. The minimum atomic E-state index is -0.277. The molecule has 0 aliphatic heterocycles. The van der Waals surface area contributed by atoms with Crippen LogP contribution in [0.25, 0.3) is 0 Å². The van der Waals surface area contributed by atoms with E-state index in [0.717, 1.165) is 37.8 Å². The highest BCUT2D eigenvalue weighted by atomic mass is 16.2. The van der Waals surface area contributed by atoms with Gasteiger partial charge in [-0.1, -0.05) is 39.0 Å². The summed E-state index contributed by atoms with van der Waals surface area (Å²) in [7, 11) is 0. The normalized spacial score (nSPS) is 33.8. The number of carbonyl (C=O) groups excluding carboxylic acids is 1. The van der Waals surface area contributed by atoms with Crippen LogP contribution < -0.4 is 5.32 Å². The molecule has 1 N–H and O–H groups in total. The average molecular weight is 379 g/mol. The molecule has 4 aliphatic carbocycles. The van der Waals surface area contributed by atoms with Gasteiger partial charge in [0.25, 0.3) is 0 Å². The quantitative estimate of drug-likeness (QED) is 0.855. The van der Waals surface area contributed by atoms with Crippen molar-refractivity contribution < 1.29 is 4.79 Å². The molecular weight excluding hydrogens is 348 g/mol. The van der Waals surface area contributed by atoms with Crippen molar-refractivity contribution in [1.29, 1.82) is 0 Å². The Morgan fingerprint density at radius 3 is 2.50 bits per heavy atom. The third-order valence-corrected chi connectivity index (χ3v) is 7.40. The first-order valence-corrected chi connectivity index (χ1v) is 10.6. The van der Waals surface area contributed by atoms with Crippen molar-refractivity contribution in [2.24, 2.45) is 17.3 Å². The van der Waals surface area contributed by atoms with Gasteiger partial charge >= 0.3 is 0 Å². The van der Waals surface area contributed by atoms with Crippen LogP contribution in [-0.2, 0) is 15.7 Å². The van der Waals surface area contributed by atoms with Crippen molar-refractivity contribution in [3.8, 4) is 0 Å². The van der Waals surface area contributed by atoms with Crippen LogP contribution in [0.2, 0.25) is 0 Å². The van der Waals surface area contributed by atoms with Crippen molar-refractivity contribution in [2.45, 2.75) is 70.3 Å². The van der Waals surface area contributed by atoms with E-state index in [4.69, 9.17) is 0 Å². The number of nitrogens with one attached hydrogen (secondary N) is 1. The Morgan fingerprint density at radius 1 is 1.14 bits per heavy atom. The SMILES string of the molecule is CC(C)(C)c1ccccc1NC(=O)C12C[C@@H]3C[C@@H](C1)CC(n1cncn1)(C3)C2. The lowest BCUT2D eigenvalue weighted by Gasteiger charge is -2.60. The number of para-hydroxylation sites is 1. The Balaban J connectivity index is 1.48. The van der Waals surface area contributed by atoms with Crippen molar-refractivity contribution >= 4 is 11.6 Å². The molecule has 28 heavy (non-hydrogen) atoms. The maximum Gasteiger partial charge on any atom is 0.230 e. The number of hydrogen-bond acceptors (Lipinski definition) is 3. The summed E-state index contributed by atoms with van der Waals surface area (Å²) in [5.41, 5.74) is 1.85. The molecule has 0 unspecified atom stereocenters.